The fourth-order valence-corrected chi connectivity index (χ4v) is 2.37. The van der Waals surface area contributed by atoms with Crippen LogP contribution in [-0.4, -0.2) is 10.9 Å². The zero-order chi connectivity index (χ0) is 11.1. The average molecular weight is 237 g/mol. The predicted octanol–water partition coefficient (Wildman–Crippen LogP) is 3.54. The van der Waals surface area contributed by atoms with Gasteiger partial charge in [-0.15, -0.1) is 21.6 Å². The molecule has 0 bridgehead atoms. The molecule has 1 aliphatic heterocycles. The zero-order valence-electron chi connectivity index (χ0n) is 8.81. The van der Waals surface area contributed by atoms with Crippen LogP contribution in [0.15, 0.2) is 26.7 Å². The molecule has 0 N–H and O–H groups in total. The third kappa shape index (κ3) is 2.18. The quantitative estimate of drug-likeness (QED) is 0.688. The molecule has 0 radical (unpaired) electrons. The second-order valence-electron chi connectivity index (χ2n) is 4.37. The summed E-state index contributed by atoms with van der Waals surface area (Å²) in [6, 6.07) is 2.11. The molecule has 5 heteroatoms. The van der Waals surface area contributed by atoms with E-state index in [2.05, 4.69) is 47.4 Å². The summed E-state index contributed by atoms with van der Waals surface area (Å²) in [6.45, 7) is 6.55. The van der Waals surface area contributed by atoms with Gasteiger partial charge >= 0.3 is 0 Å². The fraction of sp³-hybridized carbons (Fsp3) is 0.400. The normalized spacial score (nSPS) is 15.9. The Morgan fingerprint density at radius 1 is 1.27 bits per heavy atom. The molecule has 2 rings (SSSR count). The maximum absolute atomic E-state index is 4.83. The maximum atomic E-state index is 4.83. The molecule has 0 unspecified atom stereocenters. The molecule has 15 heavy (non-hydrogen) atoms. The molecule has 0 atom stereocenters. The lowest BCUT2D eigenvalue weighted by atomic mass is 9.89. The van der Waals surface area contributed by atoms with Gasteiger partial charge in [-0.3, -0.25) is 0 Å². The van der Waals surface area contributed by atoms with Gasteiger partial charge in [0.25, 0.3) is 0 Å². The van der Waals surface area contributed by atoms with Crippen molar-refractivity contribution in [1.29, 1.82) is 0 Å². The third-order valence-corrected chi connectivity index (χ3v) is 3.22. The van der Waals surface area contributed by atoms with Gasteiger partial charge in [0.05, 0.1) is 4.88 Å². The van der Waals surface area contributed by atoms with Crippen LogP contribution < -0.4 is 0 Å². The molecule has 0 aliphatic carbocycles. The van der Waals surface area contributed by atoms with Crippen molar-refractivity contribution in [2.24, 2.45) is 15.2 Å². The first-order chi connectivity index (χ1) is 6.97. The minimum absolute atomic E-state index is 0.158. The average Bonchev–Trinajstić information content (AvgIpc) is 2.69. The zero-order valence-corrected chi connectivity index (χ0v) is 10.4. The van der Waals surface area contributed by atoms with Gasteiger partial charge in [0, 0.05) is 0 Å². The molecule has 1 aromatic rings. The lowest BCUT2D eigenvalue weighted by molar-refractivity contribution is 0.593. The maximum Gasteiger partial charge on any atom is 0.242 e. The van der Waals surface area contributed by atoms with Crippen molar-refractivity contribution in [3.63, 3.8) is 0 Å². The van der Waals surface area contributed by atoms with Crippen LogP contribution in [0.4, 0.5) is 0 Å². The minimum atomic E-state index is 0.158. The third-order valence-electron chi connectivity index (χ3n) is 2.12. The Balaban J connectivity index is 2.33. The van der Waals surface area contributed by atoms with Crippen LogP contribution in [0.3, 0.4) is 0 Å². The number of rotatable bonds is 1. The molecular weight excluding hydrogens is 226 g/mol. The number of thiocarbonyl (C=S) groups is 1. The number of thiophene rings is 1. The van der Waals surface area contributed by atoms with Crippen LogP contribution in [0.5, 0.6) is 0 Å². The van der Waals surface area contributed by atoms with Crippen molar-refractivity contribution < 1.29 is 0 Å². The van der Waals surface area contributed by atoms with Crippen molar-refractivity contribution in [3.8, 4) is 0 Å². The SMILES string of the molecule is CC(C)(C)c1csc(C2=NC(=S)N=N2)c1. The first-order valence-corrected chi connectivity index (χ1v) is 5.89. The van der Waals surface area contributed by atoms with Crippen molar-refractivity contribution in [2.45, 2.75) is 26.2 Å². The summed E-state index contributed by atoms with van der Waals surface area (Å²) in [4.78, 5) is 5.11. The molecule has 0 saturated carbocycles. The van der Waals surface area contributed by atoms with Gasteiger partial charge in [-0.05, 0) is 34.6 Å². The van der Waals surface area contributed by atoms with E-state index in [4.69, 9.17) is 12.2 Å². The largest absolute Gasteiger partial charge is 0.242 e. The fourth-order valence-electron chi connectivity index (χ4n) is 1.18. The smallest absolute Gasteiger partial charge is 0.194 e. The van der Waals surface area contributed by atoms with Crippen LogP contribution in [0.2, 0.25) is 0 Å². The van der Waals surface area contributed by atoms with E-state index in [9.17, 15) is 0 Å². The van der Waals surface area contributed by atoms with E-state index in [1.54, 1.807) is 11.3 Å². The summed E-state index contributed by atoms with van der Waals surface area (Å²) in [5.41, 5.74) is 1.45. The Labute approximate surface area is 98.0 Å². The summed E-state index contributed by atoms with van der Waals surface area (Å²) < 4.78 is 0. The molecule has 0 fully saturated rings. The lowest BCUT2D eigenvalue weighted by Crippen LogP contribution is -2.09. The van der Waals surface area contributed by atoms with Gasteiger partial charge in [-0.25, -0.2) is 0 Å². The van der Waals surface area contributed by atoms with E-state index < -0.39 is 0 Å². The van der Waals surface area contributed by atoms with Crippen molar-refractivity contribution in [2.75, 3.05) is 0 Å². The molecule has 0 amide bonds. The Kier molecular flexibility index (Phi) is 2.52. The van der Waals surface area contributed by atoms with Crippen molar-refractivity contribution >= 4 is 34.5 Å². The highest BCUT2D eigenvalue weighted by Gasteiger charge is 2.18. The summed E-state index contributed by atoms with van der Waals surface area (Å²) in [7, 11) is 0. The molecule has 0 spiro atoms. The first kappa shape index (κ1) is 10.6. The highest BCUT2D eigenvalue weighted by molar-refractivity contribution is 7.80. The van der Waals surface area contributed by atoms with Crippen molar-refractivity contribution in [1.82, 2.24) is 0 Å². The van der Waals surface area contributed by atoms with E-state index in [1.165, 1.54) is 5.56 Å². The Hall–Kier alpha value is -0.940. The summed E-state index contributed by atoms with van der Waals surface area (Å²) in [5, 5.41) is 10.1. The predicted molar refractivity (Wildman–Crippen MR) is 67.0 cm³/mol. The monoisotopic (exact) mass is 237 g/mol. The van der Waals surface area contributed by atoms with Crippen molar-refractivity contribution in [3.05, 3.63) is 21.9 Å². The number of hydrogen-bond acceptors (Lipinski definition) is 3. The molecule has 0 saturated heterocycles. The van der Waals surface area contributed by atoms with E-state index in [0.29, 0.717) is 10.9 Å². The van der Waals surface area contributed by atoms with Crippen LogP contribution >= 0.6 is 23.6 Å². The minimum Gasteiger partial charge on any atom is -0.194 e. The lowest BCUT2D eigenvalue weighted by Gasteiger charge is -2.15. The first-order valence-electron chi connectivity index (χ1n) is 4.60. The van der Waals surface area contributed by atoms with E-state index in [1.807, 2.05) is 0 Å². The van der Waals surface area contributed by atoms with E-state index in [0.717, 1.165) is 4.88 Å². The standard InChI is InChI=1S/C10H11N3S2/c1-10(2,3)6-4-7(15-5-6)8-11-9(14)13-12-8/h4-5H,1-3H3. The van der Waals surface area contributed by atoms with E-state index in [-0.39, 0.29) is 5.41 Å². The Morgan fingerprint density at radius 3 is 2.47 bits per heavy atom. The van der Waals surface area contributed by atoms with Gasteiger partial charge in [-0.2, -0.15) is 4.99 Å². The highest BCUT2D eigenvalue weighted by Crippen LogP contribution is 2.28. The Morgan fingerprint density at radius 2 is 2.00 bits per heavy atom. The number of hydrogen-bond donors (Lipinski definition) is 0. The Bertz CT molecular complexity index is 463. The second-order valence-corrected chi connectivity index (χ2v) is 5.64. The molecule has 78 valence electrons. The van der Waals surface area contributed by atoms with E-state index >= 15 is 0 Å². The van der Waals surface area contributed by atoms with Gasteiger partial charge < -0.3 is 0 Å². The number of azo groups is 1. The van der Waals surface area contributed by atoms with Crippen LogP contribution in [-0.2, 0) is 5.41 Å². The second kappa shape index (κ2) is 3.57. The molecule has 0 aromatic carbocycles. The number of aliphatic imine (C=N–C) groups is 1. The number of nitrogens with zero attached hydrogens (tertiary/aromatic N) is 3. The van der Waals surface area contributed by atoms with Gasteiger partial charge in [0.15, 0.2) is 5.84 Å². The molecule has 1 aliphatic rings. The van der Waals surface area contributed by atoms with Crippen LogP contribution in [0, 0.1) is 0 Å². The molecule has 2 heterocycles. The molecular formula is C10H11N3S2. The topological polar surface area (TPSA) is 37.1 Å². The molecule has 3 nitrogen and oxygen atoms in total. The number of amidine groups is 1. The highest BCUT2D eigenvalue weighted by atomic mass is 32.1. The van der Waals surface area contributed by atoms with Gasteiger partial charge in [0.2, 0.25) is 5.11 Å². The summed E-state index contributed by atoms with van der Waals surface area (Å²) in [6.07, 6.45) is 0. The van der Waals surface area contributed by atoms with Crippen LogP contribution in [0.1, 0.15) is 31.2 Å². The summed E-state index contributed by atoms with van der Waals surface area (Å²) >= 11 is 6.46. The van der Waals surface area contributed by atoms with Gasteiger partial charge in [0.1, 0.15) is 0 Å². The molecule has 1 aromatic heterocycles. The van der Waals surface area contributed by atoms with Gasteiger partial charge in [-0.1, -0.05) is 20.8 Å². The van der Waals surface area contributed by atoms with Crippen LogP contribution in [0.25, 0.3) is 0 Å². The summed E-state index contributed by atoms with van der Waals surface area (Å²) in [5.74, 6) is 0.639.